The van der Waals surface area contributed by atoms with Crippen LogP contribution in [0.2, 0.25) is 5.15 Å². The molecular weight excluding hydrogens is 585 g/mol. The molecular formula is C28H27ClFN7O4S. The van der Waals surface area contributed by atoms with E-state index in [2.05, 4.69) is 19.8 Å². The highest BCUT2D eigenvalue weighted by Crippen LogP contribution is 2.33. The van der Waals surface area contributed by atoms with Gasteiger partial charge in [0.25, 0.3) is 15.6 Å². The molecule has 0 amide bonds. The van der Waals surface area contributed by atoms with Crippen molar-refractivity contribution in [1.82, 2.24) is 29.3 Å². The Hall–Kier alpha value is -4.23. The van der Waals surface area contributed by atoms with Crippen molar-refractivity contribution in [3.8, 4) is 0 Å². The van der Waals surface area contributed by atoms with E-state index >= 15 is 0 Å². The molecule has 0 bridgehead atoms. The Morgan fingerprint density at radius 1 is 1.12 bits per heavy atom. The van der Waals surface area contributed by atoms with Gasteiger partial charge in [0, 0.05) is 25.2 Å². The number of hydrogen-bond acceptors (Lipinski definition) is 6. The minimum atomic E-state index is -4.03. The maximum atomic E-state index is 14.8. The van der Waals surface area contributed by atoms with Gasteiger partial charge in [-0.3, -0.25) is 23.7 Å². The fraction of sp³-hybridized carbons (Fsp3) is 0.286. The van der Waals surface area contributed by atoms with Crippen LogP contribution in [0.3, 0.4) is 0 Å². The molecule has 0 radical (unpaired) electrons. The van der Waals surface area contributed by atoms with Crippen LogP contribution in [0.1, 0.15) is 41.4 Å². The molecule has 3 heterocycles. The number of nitrogens with one attached hydrogen (secondary N) is 3. The molecule has 2 aromatic carbocycles. The number of imidazole rings is 1. The highest BCUT2D eigenvalue weighted by atomic mass is 35.5. The van der Waals surface area contributed by atoms with Gasteiger partial charge in [-0.1, -0.05) is 41.9 Å². The smallest absolute Gasteiger partial charge is 0.330 e. The zero-order valence-corrected chi connectivity index (χ0v) is 24.3. The molecule has 11 nitrogen and oxygen atoms in total. The lowest BCUT2D eigenvalue weighted by Crippen LogP contribution is -2.30. The lowest BCUT2D eigenvalue weighted by Gasteiger charge is -2.17. The highest BCUT2D eigenvalue weighted by Gasteiger charge is 2.28. The molecule has 1 aliphatic rings. The third-order valence-corrected chi connectivity index (χ3v) is 9.51. The van der Waals surface area contributed by atoms with Crippen LogP contribution in [0.5, 0.6) is 0 Å². The highest BCUT2D eigenvalue weighted by molar-refractivity contribution is 7.92. The van der Waals surface area contributed by atoms with Crippen LogP contribution in [-0.2, 0) is 30.0 Å². The number of aryl methyl sites for hydroxylation is 2. The number of rotatable bonds is 9. The first-order valence-electron chi connectivity index (χ1n) is 13.3. The van der Waals surface area contributed by atoms with Gasteiger partial charge in [-0.25, -0.2) is 22.6 Å². The van der Waals surface area contributed by atoms with Gasteiger partial charge in [0.15, 0.2) is 5.65 Å². The Kier molecular flexibility index (Phi) is 7.01. The molecule has 218 valence electrons. The summed E-state index contributed by atoms with van der Waals surface area (Å²) in [6.07, 6.45) is 2.19. The van der Waals surface area contributed by atoms with Crippen molar-refractivity contribution in [3.05, 3.63) is 103 Å². The summed E-state index contributed by atoms with van der Waals surface area (Å²) in [5.74, 6) is -0.220. The minimum absolute atomic E-state index is 0.0124. The van der Waals surface area contributed by atoms with Crippen LogP contribution in [0.25, 0.3) is 11.2 Å². The number of aromatic amines is 2. The van der Waals surface area contributed by atoms with Gasteiger partial charge in [-0.2, -0.15) is 5.10 Å². The molecule has 14 heteroatoms. The number of sulfonamides is 1. The number of fused-ring (bicyclic) bond motifs is 1. The summed E-state index contributed by atoms with van der Waals surface area (Å²) in [7, 11) is -2.48. The summed E-state index contributed by atoms with van der Waals surface area (Å²) >= 11 is 6.18. The van der Waals surface area contributed by atoms with E-state index in [1.807, 2.05) is 0 Å². The first-order valence-corrected chi connectivity index (χ1v) is 15.2. The van der Waals surface area contributed by atoms with Gasteiger partial charge in [0.2, 0.25) is 0 Å². The maximum absolute atomic E-state index is 14.8. The SMILES string of the molecule is Cc1nn(C)c(Cl)c1S(=O)(=O)Nc1ccc(C(Cc2ccccc2F)c2nc3c([nH]2)c(=O)[nH]c(=O)n3CC2CC2)cc1. The number of benzene rings is 2. The molecule has 0 aliphatic heterocycles. The van der Waals surface area contributed by atoms with E-state index in [0.29, 0.717) is 29.4 Å². The number of anilines is 1. The van der Waals surface area contributed by atoms with E-state index in [4.69, 9.17) is 16.6 Å². The summed E-state index contributed by atoms with van der Waals surface area (Å²) in [5, 5.41) is 4.06. The van der Waals surface area contributed by atoms with Crippen molar-refractivity contribution < 1.29 is 12.8 Å². The van der Waals surface area contributed by atoms with Crippen LogP contribution in [0, 0.1) is 18.7 Å². The number of aromatic nitrogens is 6. The Labute approximate surface area is 244 Å². The topological polar surface area (TPSA) is 148 Å². The van der Waals surface area contributed by atoms with Gasteiger partial charge < -0.3 is 4.98 Å². The maximum Gasteiger partial charge on any atom is 0.330 e. The lowest BCUT2D eigenvalue weighted by atomic mass is 9.91. The molecule has 1 atom stereocenters. The minimum Gasteiger partial charge on any atom is -0.336 e. The zero-order valence-electron chi connectivity index (χ0n) is 22.7. The fourth-order valence-electron chi connectivity index (χ4n) is 5.11. The fourth-order valence-corrected chi connectivity index (χ4v) is 6.92. The molecule has 1 saturated carbocycles. The molecule has 3 aromatic heterocycles. The largest absolute Gasteiger partial charge is 0.336 e. The third-order valence-electron chi connectivity index (χ3n) is 7.44. The molecule has 42 heavy (non-hydrogen) atoms. The standard InChI is InChI=1S/C28H27ClFN7O4S/c1-15-23(24(29)36(2)34-15)42(40,41)35-19-11-9-17(10-12-19)20(13-18-5-3-4-6-21(18)30)25-31-22-26(32-25)37(14-16-7-8-16)28(39)33-27(22)38/h3-6,9-12,16,20,35H,7-8,13-14H2,1-2H3,(H,31,32)(H,33,38,39). The van der Waals surface area contributed by atoms with E-state index in [-0.39, 0.29) is 39.0 Å². The second-order valence-electron chi connectivity index (χ2n) is 10.5. The van der Waals surface area contributed by atoms with Gasteiger partial charge >= 0.3 is 5.69 Å². The average Bonchev–Trinajstić information content (AvgIpc) is 3.58. The van der Waals surface area contributed by atoms with E-state index in [9.17, 15) is 22.4 Å². The van der Waals surface area contributed by atoms with Crippen molar-refractivity contribution in [2.45, 2.75) is 43.5 Å². The van der Waals surface area contributed by atoms with Crippen LogP contribution in [-0.4, -0.2) is 37.7 Å². The first kappa shape index (κ1) is 27.9. The molecule has 3 N–H and O–H groups in total. The number of nitrogens with zero attached hydrogens (tertiary/aromatic N) is 4. The van der Waals surface area contributed by atoms with Crippen molar-refractivity contribution in [2.24, 2.45) is 13.0 Å². The Morgan fingerprint density at radius 3 is 2.48 bits per heavy atom. The van der Waals surface area contributed by atoms with Gasteiger partial charge in [-0.15, -0.1) is 0 Å². The first-order chi connectivity index (χ1) is 20.0. The van der Waals surface area contributed by atoms with Crippen LogP contribution in [0.15, 0.2) is 63.0 Å². The molecule has 6 rings (SSSR count). The predicted octanol–water partition coefficient (Wildman–Crippen LogP) is 3.83. The molecule has 0 saturated heterocycles. The molecule has 5 aromatic rings. The molecule has 0 spiro atoms. The quantitative estimate of drug-likeness (QED) is 0.231. The Balaban J connectivity index is 1.39. The van der Waals surface area contributed by atoms with Crippen molar-refractivity contribution in [3.63, 3.8) is 0 Å². The normalized spacial score (nSPS) is 14.4. The third kappa shape index (κ3) is 5.25. The van der Waals surface area contributed by atoms with Crippen molar-refractivity contribution in [1.29, 1.82) is 0 Å². The van der Waals surface area contributed by atoms with E-state index in [1.54, 1.807) is 56.4 Å². The second kappa shape index (κ2) is 10.6. The van der Waals surface area contributed by atoms with Gasteiger partial charge in [0.05, 0.1) is 5.69 Å². The van der Waals surface area contributed by atoms with E-state index < -0.39 is 33.0 Å². The van der Waals surface area contributed by atoms with Crippen molar-refractivity contribution in [2.75, 3.05) is 4.72 Å². The lowest BCUT2D eigenvalue weighted by molar-refractivity contribution is 0.597. The van der Waals surface area contributed by atoms with Crippen LogP contribution < -0.4 is 16.0 Å². The van der Waals surface area contributed by atoms with Gasteiger partial charge in [-0.05, 0) is 61.4 Å². The summed E-state index contributed by atoms with van der Waals surface area (Å²) in [6, 6.07) is 12.9. The molecule has 1 unspecified atom stereocenters. The Morgan fingerprint density at radius 2 is 1.83 bits per heavy atom. The zero-order chi connectivity index (χ0) is 29.8. The van der Waals surface area contributed by atoms with Crippen LogP contribution >= 0.6 is 11.6 Å². The predicted molar refractivity (Wildman–Crippen MR) is 156 cm³/mol. The average molecular weight is 612 g/mol. The second-order valence-corrected chi connectivity index (χ2v) is 12.5. The summed E-state index contributed by atoms with van der Waals surface area (Å²) in [6.45, 7) is 2.00. The number of halogens is 2. The number of H-pyrrole nitrogens is 2. The molecule has 1 aliphatic carbocycles. The summed E-state index contributed by atoms with van der Waals surface area (Å²) in [5.41, 5.74) is 0.957. The monoisotopic (exact) mass is 611 g/mol. The summed E-state index contributed by atoms with van der Waals surface area (Å²) in [4.78, 5) is 35.4. The van der Waals surface area contributed by atoms with Crippen molar-refractivity contribution >= 4 is 38.5 Å². The Bertz CT molecular complexity index is 2040. The van der Waals surface area contributed by atoms with E-state index in [0.717, 1.165) is 12.8 Å². The number of hydrogen-bond donors (Lipinski definition) is 3. The van der Waals surface area contributed by atoms with E-state index in [1.165, 1.54) is 15.3 Å². The molecule has 1 fully saturated rings. The summed E-state index contributed by atoms with van der Waals surface area (Å²) < 4.78 is 46.2. The van der Waals surface area contributed by atoms with Crippen LogP contribution in [0.4, 0.5) is 10.1 Å². The van der Waals surface area contributed by atoms with Gasteiger partial charge in [0.1, 0.15) is 27.2 Å².